The van der Waals surface area contributed by atoms with Crippen LogP contribution in [-0.4, -0.2) is 32.0 Å². The highest BCUT2D eigenvalue weighted by Crippen LogP contribution is 2.38. The van der Waals surface area contributed by atoms with Crippen LogP contribution < -0.4 is 9.64 Å². The summed E-state index contributed by atoms with van der Waals surface area (Å²) in [6.45, 7) is 2.09. The van der Waals surface area contributed by atoms with Crippen LogP contribution in [0.3, 0.4) is 0 Å². The predicted octanol–water partition coefficient (Wildman–Crippen LogP) is 4.45. The van der Waals surface area contributed by atoms with Crippen molar-refractivity contribution in [3.63, 3.8) is 0 Å². The second kappa shape index (κ2) is 8.75. The number of esters is 1. The first kappa shape index (κ1) is 22.6. The quantitative estimate of drug-likeness (QED) is 0.220. The molecule has 0 aromatic heterocycles. The smallest absolute Gasteiger partial charge is 0.354 e. The lowest BCUT2D eigenvalue weighted by Crippen LogP contribution is -2.34. The van der Waals surface area contributed by atoms with E-state index in [9.17, 15) is 18.5 Å². The van der Waals surface area contributed by atoms with E-state index in [0.29, 0.717) is 0 Å². The largest absolute Gasteiger partial charge is 0.419 e. The summed E-state index contributed by atoms with van der Waals surface area (Å²) in [4.78, 5) is 14.5. The molecule has 7 nitrogen and oxygen atoms in total. The van der Waals surface area contributed by atoms with Gasteiger partial charge >= 0.3 is 5.97 Å². The molecule has 32 heavy (non-hydrogen) atoms. The third-order valence-corrected chi connectivity index (χ3v) is 6.86. The maximum Gasteiger partial charge on any atom is 0.354 e. The highest BCUT2D eigenvalue weighted by atomic mass is 35.5. The Morgan fingerprint density at radius 3 is 2.16 bits per heavy atom. The van der Waals surface area contributed by atoms with Gasteiger partial charge in [-0.3, -0.25) is 4.55 Å². The van der Waals surface area contributed by atoms with E-state index in [-0.39, 0.29) is 21.4 Å². The first-order valence-electron chi connectivity index (χ1n) is 9.88. The summed E-state index contributed by atoms with van der Waals surface area (Å²) in [7, 11) is -4.54. The SMILES string of the molecule is N#C/C(=C/c1cc2c3c(c1)CCCN3CCC2)C(=O)Oc1c(Cl)cc(S(=O)(=O)O)cc1Cl. The summed E-state index contributed by atoms with van der Waals surface area (Å²) in [5.41, 5.74) is 4.16. The molecule has 2 aromatic carbocycles. The Labute approximate surface area is 195 Å². The lowest BCUT2D eigenvalue weighted by Gasteiger charge is -2.37. The van der Waals surface area contributed by atoms with Crippen molar-refractivity contribution in [3.05, 3.63) is 56.6 Å². The van der Waals surface area contributed by atoms with Gasteiger partial charge in [-0.15, -0.1) is 0 Å². The summed E-state index contributed by atoms with van der Waals surface area (Å²) in [5.74, 6) is -1.29. The Morgan fingerprint density at radius 2 is 1.66 bits per heavy atom. The van der Waals surface area contributed by atoms with Crippen molar-refractivity contribution in [1.29, 1.82) is 5.26 Å². The fraction of sp³-hybridized carbons (Fsp3) is 0.273. The van der Waals surface area contributed by atoms with Crippen molar-refractivity contribution < 1.29 is 22.5 Å². The zero-order valence-electron chi connectivity index (χ0n) is 16.8. The van der Waals surface area contributed by atoms with Gasteiger partial charge < -0.3 is 9.64 Å². The predicted molar refractivity (Wildman–Crippen MR) is 121 cm³/mol. The normalized spacial score (nSPS) is 15.7. The Kier molecular flexibility index (Phi) is 6.19. The molecular formula is C22H18Cl2N2O5S. The van der Waals surface area contributed by atoms with Crippen LogP contribution in [0.15, 0.2) is 34.7 Å². The number of nitriles is 1. The Hall–Kier alpha value is -2.57. The van der Waals surface area contributed by atoms with Crippen LogP contribution in [0, 0.1) is 11.3 Å². The third kappa shape index (κ3) is 4.48. The number of halogens is 2. The van der Waals surface area contributed by atoms with Crippen LogP contribution in [0.4, 0.5) is 5.69 Å². The Bertz CT molecular complexity index is 1240. The molecule has 2 heterocycles. The molecule has 1 N–H and O–H groups in total. The standard InChI is InChI=1S/C22H18Cl2N2O5S/c23-18-10-17(32(28,29)30)11-19(24)21(18)31-22(27)16(12-25)9-13-7-14-3-1-5-26-6-2-4-15(8-13)20(14)26/h7-11H,1-6H2,(H,28,29,30)/b16-9-. The van der Waals surface area contributed by atoms with Gasteiger partial charge in [0.1, 0.15) is 11.6 Å². The van der Waals surface area contributed by atoms with Gasteiger partial charge in [-0.05, 0) is 72.7 Å². The maximum atomic E-state index is 12.6. The number of hydrogen-bond donors (Lipinski definition) is 1. The van der Waals surface area contributed by atoms with Gasteiger partial charge in [0, 0.05) is 18.8 Å². The van der Waals surface area contributed by atoms with Crippen LogP contribution in [-0.2, 0) is 27.8 Å². The van der Waals surface area contributed by atoms with Gasteiger partial charge in [-0.2, -0.15) is 13.7 Å². The van der Waals surface area contributed by atoms with Crippen molar-refractivity contribution in [3.8, 4) is 11.8 Å². The molecule has 0 spiro atoms. The highest BCUT2D eigenvalue weighted by molar-refractivity contribution is 7.85. The van der Waals surface area contributed by atoms with Crippen molar-refractivity contribution in [2.75, 3.05) is 18.0 Å². The molecule has 0 fully saturated rings. The Balaban J connectivity index is 1.64. The molecule has 0 radical (unpaired) electrons. The van der Waals surface area contributed by atoms with Crippen LogP contribution in [0.25, 0.3) is 6.08 Å². The van der Waals surface area contributed by atoms with Gasteiger partial charge in [-0.1, -0.05) is 23.2 Å². The number of ether oxygens (including phenoxy) is 1. The number of benzene rings is 2. The molecule has 10 heteroatoms. The third-order valence-electron chi connectivity index (χ3n) is 5.47. The number of carbonyl (C=O) groups excluding carboxylic acids is 1. The molecule has 0 saturated heterocycles. The molecule has 4 rings (SSSR count). The number of carbonyl (C=O) groups is 1. The summed E-state index contributed by atoms with van der Waals surface area (Å²) in [6.07, 6.45) is 5.46. The molecule has 0 unspecified atom stereocenters. The molecule has 0 bridgehead atoms. The number of rotatable bonds is 4. The van der Waals surface area contributed by atoms with E-state index < -0.39 is 21.0 Å². The van der Waals surface area contributed by atoms with Gasteiger partial charge in [-0.25, -0.2) is 4.79 Å². The van der Waals surface area contributed by atoms with Gasteiger partial charge in [0.05, 0.1) is 14.9 Å². The minimum Gasteiger partial charge on any atom is -0.419 e. The Morgan fingerprint density at radius 1 is 1.09 bits per heavy atom. The lowest BCUT2D eigenvalue weighted by atomic mass is 9.90. The average molecular weight is 493 g/mol. The van der Waals surface area contributed by atoms with Crippen LogP contribution in [0.1, 0.15) is 29.5 Å². The fourth-order valence-corrected chi connectivity index (χ4v) is 5.38. The van der Waals surface area contributed by atoms with Crippen molar-refractivity contribution in [2.45, 2.75) is 30.6 Å². The second-order valence-electron chi connectivity index (χ2n) is 7.63. The summed E-state index contributed by atoms with van der Waals surface area (Å²) >= 11 is 12.0. The van der Waals surface area contributed by atoms with E-state index >= 15 is 0 Å². The van der Waals surface area contributed by atoms with Crippen LogP contribution in [0.5, 0.6) is 5.75 Å². The topological polar surface area (TPSA) is 108 Å². The van der Waals surface area contributed by atoms with E-state index in [2.05, 4.69) is 4.90 Å². The number of anilines is 1. The van der Waals surface area contributed by atoms with E-state index in [4.69, 9.17) is 32.5 Å². The fourth-order valence-electron chi connectivity index (χ4n) is 4.15. The lowest BCUT2D eigenvalue weighted by molar-refractivity contribution is -0.129. The molecule has 0 amide bonds. The first-order chi connectivity index (χ1) is 15.2. The summed E-state index contributed by atoms with van der Waals surface area (Å²) in [6, 6.07) is 7.62. The molecule has 0 saturated carbocycles. The zero-order valence-corrected chi connectivity index (χ0v) is 19.1. The van der Waals surface area contributed by atoms with Crippen molar-refractivity contribution >= 4 is 51.1 Å². The molecule has 0 aliphatic carbocycles. The van der Waals surface area contributed by atoms with Crippen molar-refractivity contribution in [1.82, 2.24) is 0 Å². The number of aryl methyl sites for hydroxylation is 2. The monoisotopic (exact) mass is 492 g/mol. The number of nitrogens with zero attached hydrogens (tertiary/aromatic N) is 2. The van der Waals surface area contributed by atoms with E-state index in [0.717, 1.165) is 56.5 Å². The number of hydrogen-bond acceptors (Lipinski definition) is 6. The summed E-state index contributed by atoms with van der Waals surface area (Å²) < 4.78 is 36.9. The molecule has 2 aromatic rings. The van der Waals surface area contributed by atoms with Crippen LogP contribution >= 0.6 is 23.2 Å². The van der Waals surface area contributed by atoms with E-state index in [1.165, 1.54) is 22.9 Å². The zero-order chi connectivity index (χ0) is 23.0. The van der Waals surface area contributed by atoms with Gasteiger partial charge in [0.25, 0.3) is 10.1 Å². The highest BCUT2D eigenvalue weighted by Gasteiger charge is 2.25. The second-order valence-corrected chi connectivity index (χ2v) is 9.87. The molecule has 0 atom stereocenters. The molecular weight excluding hydrogens is 475 g/mol. The maximum absolute atomic E-state index is 12.6. The van der Waals surface area contributed by atoms with Crippen LogP contribution in [0.2, 0.25) is 10.0 Å². The average Bonchev–Trinajstić information content (AvgIpc) is 2.74. The molecule has 2 aliphatic rings. The molecule has 2 aliphatic heterocycles. The van der Waals surface area contributed by atoms with Gasteiger partial charge in [0.15, 0.2) is 5.75 Å². The minimum absolute atomic E-state index is 0.258. The van der Waals surface area contributed by atoms with E-state index in [1.54, 1.807) is 0 Å². The van der Waals surface area contributed by atoms with E-state index in [1.807, 2.05) is 18.2 Å². The van der Waals surface area contributed by atoms with Crippen molar-refractivity contribution in [2.24, 2.45) is 0 Å². The summed E-state index contributed by atoms with van der Waals surface area (Å²) in [5, 5.41) is 8.94. The molecule has 166 valence electrons. The van der Waals surface area contributed by atoms with Gasteiger partial charge in [0.2, 0.25) is 0 Å². The first-order valence-corrected chi connectivity index (χ1v) is 12.1. The minimum atomic E-state index is -4.54.